The molecule has 0 spiro atoms. The number of furan rings is 1. The average molecular weight is 412 g/mol. The third-order valence-electron chi connectivity index (χ3n) is 4.34. The number of halogens is 1. The summed E-state index contributed by atoms with van der Waals surface area (Å²) in [6.07, 6.45) is 1.53. The molecule has 2 aromatic heterocycles. The van der Waals surface area contributed by atoms with Gasteiger partial charge < -0.3 is 13.9 Å². The normalized spacial score (nSPS) is 10.9. The molecular formula is C21H17FN2O4S. The summed E-state index contributed by atoms with van der Waals surface area (Å²) < 4.78 is 30.7. The van der Waals surface area contributed by atoms with E-state index < -0.39 is 11.7 Å². The highest BCUT2D eigenvalue weighted by Crippen LogP contribution is 2.40. The summed E-state index contributed by atoms with van der Waals surface area (Å²) in [6, 6.07) is 12.6. The number of amides is 1. The predicted octanol–water partition coefficient (Wildman–Crippen LogP) is 4.89. The number of rotatable bonds is 6. The summed E-state index contributed by atoms with van der Waals surface area (Å²) in [6.45, 7) is 0.146. The monoisotopic (exact) mass is 412 g/mol. The summed E-state index contributed by atoms with van der Waals surface area (Å²) in [5.41, 5.74) is 0.804. The SMILES string of the molecule is COc1ccc(OC)c2sc(N(Cc3ccco3)C(=O)c3cccc(F)c3)nc12. The minimum Gasteiger partial charge on any atom is -0.495 e. The summed E-state index contributed by atoms with van der Waals surface area (Å²) in [7, 11) is 3.12. The molecule has 0 N–H and O–H groups in total. The fraction of sp³-hybridized carbons (Fsp3) is 0.143. The van der Waals surface area contributed by atoms with Crippen LogP contribution in [-0.4, -0.2) is 25.1 Å². The quantitative estimate of drug-likeness (QED) is 0.451. The third-order valence-corrected chi connectivity index (χ3v) is 5.43. The molecule has 0 bridgehead atoms. The molecule has 0 aliphatic rings. The molecule has 6 nitrogen and oxygen atoms in total. The van der Waals surface area contributed by atoms with Crippen LogP contribution in [0, 0.1) is 5.82 Å². The molecule has 2 aromatic carbocycles. The zero-order chi connectivity index (χ0) is 20.4. The van der Waals surface area contributed by atoms with Crippen LogP contribution in [0.1, 0.15) is 16.1 Å². The van der Waals surface area contributed by atoms with E-state index in [4.69, 9.17) is 13.9 Å². The van der Waals surface area contributed by atoms with Crippen LogP contribution < -0.4 is 14.4 Å². The van der Waals surface area contributed by atoms with Crippen molar-refractivity contribution < 1.29 is 23.1 Å². The number of nitrogens with zero attached hydrogens (tertiary/aromatic N) is 2. The number of carbonyl (C=O) groups excluding carboxylic acids is 1. The topological polar surface area (TPSA) is 64.8 Å². The molecule has 8 heteroatoms. The van der Waals surface area contributed by atoms with E-state index in [1.54, 1.807) is 44.6 Å². The number of hydrogen-bond donors (Lipinski definition) is 0. The second-order valence-corrected chi connectivity index (χ2v) is 7.10. The Bertz CT molecular complexity index is 1120. The van der Waals surface area contributed by atoms with E-state index >= 15 is 0 Å². The molecule has 29 heavy (non-hydrogen) atoms. The summed E-state index contributed by atoms with van der Waals surface area (Å²) in [5, 5.41) is 0.425. The van der Waals surface area contributed by atoms with Crippen LogP contribution in [0.25, 0.3) is 10.2 Å². The molecule has 4 aromatic rings. The smallest absolute Gasteiger partial charge is 0.260 e. The third kappa shape index (κ3) is 3.66. The molecule has 1 amide bonds. The van der Waals surface area contributed by atoms with Crippen LogP contribution in [0.15, 0.2) is 59.2 Å². The largest absolute Gasteiger partial charge is 0.495 e. The fourth-order valence-electron chi connectivity index (χ4n) is 2.95. The van der Waals surface area contributed by atoms with Crippen molar-refractivity contribution in [2.75, 3.05) is 19.1 Å². The van der Waals surface area contributed by atoms with Gasteiger partial charge in [-0.05, 0) is 42.5 Å². The van der Waals surface area contributed by atoms with Crippen LogP contribution in [0.5, 0.6) is 11.5 Å². The Kier molecular flexibility index (Phi) is 5.18. The molecule has 0 saturated carbocycles. The van der Waals surface area contributed by atoms with Gasteiger partial charge in [-0.2, -0.15) is 0 Å². The Labute approximate surface area is 170 Å². The van der Waals surface area contributed by atoms with E-state index in [0.29, 0.717) is 27.9 Å². The van der Waals surface area contributed by atoms with Crippen molar-refractivity contribution in [3.05, 3.63) is 71.9 Å². The predicted molar refractivity (Wildman–Crippen MR) is 108 cm³/mol. The maximum absolute atomic E-state index is 13.7. The summed E-state index contributed by atoms with van der Waals surface area (Å²) in [5.74, 6) is 0.896. The van der Waals surface area contributed by atoms with E-state index in [0.717, 1.165) is 4.70 Å². The number of aromatic nitrogens is 1. The van der Waals surface area contributed by atoms with Gasteiger partial charge in [-0.15, -0.1) is 0 Å². The van der Waals surface area contributed by atoms with Crippen LogP contribution >= 0.6 is 11.3 Å². The lowest BCUT2D eigenvalue weighted by molar-refractivity contribution is 0.0983. The van der Waals surface area contributed by atoms with E-state index in [1.165, 1.54) is 40.7 Å². The minimum atomic E-state index is -0.485. The van der Waals surface area contributed by atoms with Crippen LogP contribution in [0.3, 0.4) is 0 Å². The van der Waals surface area contributed by atoms with Crippen molar-refractivity contribution in [2.24, 2.45) is 0 Å². The van der Waals surface area contributed by atoms with Gasteiger partial charge in [-0.25, -0.2) is 9.37 Å². The molecule has 4 rings (SSSR count). The highest BCUT2D eigenvalue weighted by Gasteiger charge is 2.25. The van der Waals surface area contributed by atoms with Crippen molar-refractivity contribution in [1.82, 2.24) is 4.98 Å². The van der Waals surface area contributed by atoms with Crippen molar-refractivity contribution in [3.63, 3.8) is 0 Å². The number of methoxy groups -OCH3 is 2. The van der Waals surface area contributed by atoms with Gasteiger partial charge in [0.15, 0.2) is 5.13 Å². The standard InChI is InChI=1S/C21H17FN2O4S/c1-26-16-8-9-17(27-2)19-18(16)23-21(29-19)24(12-15-7-4-10-28-15)20(25)13-5-3-6-14(22)11-13/h3-11H,12H2,1-2H3. The molecule has 0 aliphatic heterocycles. The number of anilines is 1. The van der Waals surface area contributed by atoms with Gasteiger partial charge in [0.2, 0.25) is 0 Å². The van der Waals surface area contributed by atoms with E-state index in [1.807, 2.05) is 0 Å². The molecule has 0 radical (unpaired) electrons. The molecular weight excluding hydrogens is 395 g/mol. The molecule has 0 atom stereocenters. The van der Waals surface area contributed by atoms with Crippen molar-refractivity contribution >= 4 is 32.6 Å². The Morgan fingerprint density at radius 3 is 2.62 bits per heavy atom. The second-order valence-electron chi connectivity index (χ2n) is 6.13. The number of carbonyl (C=O) groups is 1. The first-order valence-electron chi connectivity index (χ1n) is 8.72. The number of hydrogen-bond acceptors (Lipinski definition) is 6. The highest BCUT2D eigenvalue weighted by atomic mass is 32.1. The first-order valence-corrected chi connectivity index (χ1v) is 9.53. The van der Waals surface area contributed by atoms with E-state index in [9.17, 15) is 9.18 Å². The fourth-order valence-corrected chi connectivity index (χ4v) is 4.02. The molecule has 0 aliphatic carbocycles. The minimum absolute atomic E-state index is 0.146. The average Bonchev–Trinajstić information content (AvgIpc) is 3.40. The van der Waals surface area contributed by atoms with Gasteiger partial charge >= 0.3 is 0 Å². The summed E-state index contributed by atoms with van der Waals surface area (Å²) in [4.78, 5) is 19.3. The zero-order valence-electron chi connectivity index (χ0n) is 15.7. The number of fused-ring (bicyclic) bond motifs is 1. The summed E-state index contributed by atoms with van der Waals surface area (Å²) >= 11 is 1.29. The van der Waals surface area contributed by atoms with Gasteiger partial charge in [0.25, 0.3) is 5.91 Å². The van der Waals surface area contributed by atoms with E-state index in [-0.39, 0.29) is 12.1 Å². The van der Waals surface area contributed by atoms with Crippen LogP contribution in [-0.2, 0) is 6.54 Å². The van der Waals surface area contributed by atoms with Crippen LogP contribution in [0.2, 0.25) is 0 Å². The van der Waals surface area contributed by atoms with Gasteiger partial charge in [0.05, 0.1) is 27.0 Å². The maximum atomic E-state index is 13.7. The number of benzene rings is 2. The highest BCUT2D eigenvalue weighted by molar-refractivity contribution is 7.22. The van der Waals surface area contributed by atoms with Gasteiger partial charge in [-0.1, -0.05) is 17.4 Å². The Hall–Kier alpha value is -3.39. The molecule has 0 fully saturated rings. The maximum Gasteiger partial charge on any atom is 0.260 e. The first-order chi connectivity index (χ1) is 14.1. The molecule has 2 heterocycles. The Morgan fingerprint density at radius 1 is 1.14 bits per heavy atom. The van der Waals surface area contributed by atoms with Gasteiger partial charge in [0.1, 0.15) is 33.3 Å². The van der Waals surface area contributed by atoms with Gasteiger partial charge in [-0.3, -0.25) is 9.69 Å². The van der Waals surface area contributed by atoms with Gasteiger partial charge in [0, 0.05) is 5.56 Å². The van der Waals surface area contributed by atoms with Crippen molar-refractivity contribution in [3.8, 4) is 11.5 Å². The zero-order valence-corrected chi connectivity index (χ0v) is 16.5. The number of ether oxygens (including phenoxy) is 2. The lowest BCUT2D eigenvalue weighted by atomic mass is 10.2. The molecule has 148 valence electrons. The van der Waals surface area contributed by atoms with Crippen LogP contribution in [0.4, 0.5) is 9.52 Å². The molecule has 0 unspecified atom stereocenters. The van der Waals surface area contributed by atoms with E-state index in [2.05, 4.69) is 4.98 Å². The Balaban J connectivity index is 1.83. The lowest BCUT2D eigenvalue weighted by Crippen LogP contribution is -2.30. The number of thiazole rings is 1. The van der Waals surface area contributed by atoms with Crippen molar-refractivity contribution in [2.45, 2.75) is 6.54 Å². The first kappa shape index (κ1) is 18.9. The Morgan fingerprint density at radius 2 is 1.93 bits per heavy atom. The van der Waals surface area contributed by atoms with Crippen molar-refractivity contribution in [1.29, 1.82) is 0 Å². The second kappa shape index (κ2) is 7.92. The lowest BCUT2D eigenvalue weighted by Gasteiger charge is -2.18. The molecule has 0 saturated heterocycles.